The number of amides is 1. The first kappa shape index (κ1) is 33.7. The molecule has 238 valence electrons. The molecule has 0 fully saturated rings. The summed E-state index contributed by atoms with van der Waals surface area (Å²) >= 11 is 18.1. The first-order valence-corrected chi connectivity index (χ1v) is 17.9. The van der Waals surface area contributed by atoms with Crippen LogP contribution in [0.25, 0.3) is 6.08 Å². The molecular formula is C35H25Cl2I2N3O4S. The van der Waals surface area contributed by atoms with Crippen LogP contribution in [0.4, 0.5) is 5.69 Å². The van der Waals surface area contributed by atoms with E-state index in [0.29, 0.717) is 42.1 Å². The second kappa shape index (κ2) is 14.5. The molecule has 0 spiro atoms. The summed E-state index contributed by atoms with van der Waals surface area (Å²) in [6.45, 7) is 2.08. The van der Waals surface area contributed by atoms with E-state index in [0.717, 1.165) is 29.6 Å². The fourth-order valence-electron chi connectivity index (χ4n) is 5.20. The number of hydrogen-bond donors (Lipinski definition) is 1. The Hall–Kier alpha value is -3.17. The second-order valence-corrected chi connectivity index (χ2v) is 14.7. The maximum Gasteiger partial charge on any atom is 0.271 e. The number of fused-ring (bicyclic) bond motifs is 1. The number of rotatable bonds is 8. The molecule has 4 aromatic carbocycles. The molecule has 2 heterocycles. The van der Waals surface area contributed by atoms with Gasteiger partial charge in [0.1, 0.15) is 18.1 Å². The second-order valence-electron chi connectivity index (χ2n) is 10.5. The first-order chi connectivity index (χ1) is 22.6. The fraction of sp³-hybridized carbons (Fsp3) is 0.114. The molecule has 0 saturated carbocycles. The number of carbonyl (C=O) groups excluding carboxylic acids is 1. The number of anilines is 1. The predicted molar refractivity (Wildman–Crippen MR) is 205 cm³/mol. The number of halogens is 4. The van der Waals surface area contributed by atoms with Crippen molar-refractivity contribution in [3.8, 4) is 11.5 Å². The smallest absolute Gasteiger partial charge is 0.271 e. The summed E-state index contributed by atoms with van der Waals surface area (Å²) in [5.41, 5.74) is 3.70. The van der Waals surface area contributed by atoms with Crippen LogP contribution in [0.2, 0.25) is 10.0 Å². The number of aromatic nitrogens is 1. The normalized spacial score (nSPS) is 14.4. The Morgan fingerprint density at radius 1 is 1.02 bits per heavy atom. The zero-order chi connectivity index (χ0) is 33.2. The summed E-state index contributed by atoms with van der Waals surface area (Å²) in [5.74, 6) is 1.00. The van der Waals surface area contributed by atoms with Gasteiger partial charge in [0.2, 0.25) is 0 Å². The van der Waals surface area contributed by atoms with E-state index in [-0.39, 0.29) is 18.1 Å². The summed E-state index contributed by atoms with van der Waals surface area (Å²) in [6, 6.07) is 25.1. The Morgan fingerprint density at radius 3 is 2.47 bits per heavy atom. The van der Waals surface area contributed by atoms with Gasteiger partial charge in [-0.25, -0.2) is 4.99 Å². The highest BCUT2D eigenvalue weighted by molar-refractivity contribution is 14.1. The Balaban J connectivity index is 1.39. The van der Waals surface area contributed by atoms with Gasteiger partial charge in [0, 0.05) is 21.3 Å². The summed E-state index contributed by atoms with van der Waals surface area (Å²) in [4.78, 5) is 33.3. The molecule has 1 atom stereocenters. The van der Waals surface area contributed by atoms with Crippen molar-refractivity contribution in [1.82, 2.24) is 4.57 Å². The Morgan fingerprint density at radius 2 is 1.77 bits per heavy atom. The van der Waals surface area contributed by atoms with E-state index in [1.807, 2.05) is 78.9 Å². The molecule has 0 saturated heterocycles. The van der Waals surface area contributed by atoms with Crippen LogP contribution in [-0.2, 0) is 11.4 Å². The molecule has 7 nitrogen and oxygen atoms in total. The van der Waals surface area contributed by atoms with E-state index in [4.69, 9.17) is 37.7 Å². The van der Waals surface area contributed by atoms with Crippen LogP contribution in [0.15, 0.2) is 106 Å². The van der Waals surface area contributed by atoms with Gasteiger partial charge in [0.25, 0.3) is 11.5 Å². The molecule has 0 aliphatic carbocycles. The summed E-state index contributed by atoms with van der Waals surface area (Å²) in [7, 11) is 1.58. The van der Waals surface area contributed by atoms with Crippen LogP contribution < -0.4 is 29.7 Å². The highest BCUT2D eigenvalue weighted by Crippen LogP contribution is 2.33. The number of nitrogens with zero attached hydrogens (tertiary/aromatic N) is 2. The third-order valence-electron chi connectivity index (χ3n) is 7.41. The van der Waals surface area contributed by atoms with Crippen molar-refractivity contribution < 1.29 is 14.3 Å². The fourth-order valence-corrected chi connectivity index (χ4v) is 8.84. The Labute approximate surface area is 311 Å². The van der Waals surface area contributed by atoms with Crippen LogP contribution in [0, 0.1) is 7.14 Å². The van der Waals surface area contributed by atoms with E-state index in [1.165, 1.54) is 11.3 Å². The van der Waals surface area contributed by atoms with Gasteiger partial charge >= 0.3 is 0 Å². The van der Waals surface area contributed by atoms with Crippen molar-refractivity contribution in [3.63, 3.8) is 0 Å². The zero-order valence-electron chi connectivity index (χ0n) is 24.9. The number of para-hydroxylation sites is 1. The number of ether oxygens (including phenoxy) is 2. The highest BCUT2D eigenvalue weighted by atomic mass is 127. The summed E-state index contributed by atoms with van der Waals surface area (Å²) < 4.78 is 15.5. The molecule has 12 heteroatoms. The Bertz CT molecular complexity index is 2210. The van der Waals surface area contributed by atoms with Gasteiger partial charge in [-0.2, -0.15) is 0 Å². The first-order valence-electron chi connectivity index (χ1n) is 14.2. The van der Waals surface area contributed by atoms with Gasteiger partial charge in [0.15, 0.2) is 4.80 Å². The maximum atomic E-state index is 14.2. The molecule has 1 N–H and O–H groups in total. The lowest BCUT2D eigenvalue weighted by atomic mass is 9.95. The summed E-state index contributed by atoms with van der Waals surface area (Å²) in [6.07, 6.45) is 1.85. The minimum atomic E-state index is -0.719. The van der Waals surface area contributed by atoms with Crippen molar-refractivity contribution >= 4 is 97.4 Å². The van der Waals surface area contributed by atoms with Gasteiger partial charge < -0.3 is 14.8 Å². The van der Waals surface area contributed by atoms with Gasteiger partial charge in [-0.05, 0) is 118 Å². The van der Waals surface area contributed by atoms with E-state index in [1.54, 1.807) is 30.7 Å². The predicted octanol–water partition coefficient (Wildman–Crippen LogP) is 7.98. The number of carbonyl (C=O) groups is 1. The van der Waals surface area contributed by atoms with Crippen molar-refractivity contribution in [3.05, 3.63) is 150 Å². The third-order valence-corrected chi connectivity index (χ3v) is 10.6. The van der Waals surface area contributed by atoms with E-state index in [9.17, 15) is 9.59 Å². The van der Waals surface area contributed by atoms with Crippen LogP contribution in [-0.4, -0.2) is 17.6 Å². The van der Waals surface area contributed by atoms with Gasteiger partial charge in [0.05, 0.1) is 36.1 Å². The van der Waals surface area contributed by atoms with Crippen molar-refractivity contribution in [2.75, 3.05) is 12.4 Å². The maximum absolute atomic E-state index is 14.2. The number of benzene rings is 4. The average molecular weight is 908 g/mol. The molecule has 1 aromatic heterocycles. The van der Waals surface area contributed by atoms with Gasteiger partial charge in [-0.1, -0.05) is 70.9 Å². The zero-order valence-corrected chi connectivity index (χ0v) is 31.5. The van der Waals surface area contributed by atoms with Crippen LogP contribution >= 0.6 is 79.7 Å². The number of hydrogen-bond acceptors (Lipinski definition) is 6. The molecule has 47 heavy (non-hydrogen) atoms. The number of allylic oxidation sites excluding steroid dienone is 1. The average Bonchev–Trinajstić information content (AvgIpc) is 3.34. The van der Waals surface area contributed by atoms with Crippen LogP contribution in [0.3, 0.4) is 0 Å². The lowest BCUT2D eigenvalue weighted by Gasteiger charge is -2.25. The quantitative estimate of drug-likeness (QED) is 0.160. The SMILES string of the molecule is COc1cccc([C@@H]2C(C(=O)Nc3ccccc3)=C(C)N=c3s/c(=C\c4cc(I)c(OCc5ccc(Cl)cc5Cl)c(I)c4)c(=O)n32)c1. The minimum absolute atomic E-state index is 0.248. The van der Waals surface area contributed by atoms with Crippen molar-refractivity contribution in [2.45, 2.75) is 19.6 Å². The highest BCUT2D eigenvalue weighted by Gasteiger charge is 2.33. The number of nitrogens with one attached hydrogen (secondary N) is 1. The number of thiazole rings is 1. The van der Waals surface area contributed by atoms with Crippen LogP contribution in [0.5, 0.6) is 11.5 Å². The molecule has 6 rings (SSSR count). The van der Waals surface area contributed by atoms with E-state index >= 15 is 0 Å². The topological polar surface area (TPSA) is 81.9 Å². The van der Waals surface area contributed by atoms with Gasteiger partial charge in [-0.15, -0.1) is 0 Å². The van der Waals surface area contributed by atoms with E-state index in [2.05, 4.69) is 50.5 Å². The molecule has 1 amide bonds. The van der Waals surface area contributed by atoms with Crippen molar-refractivity contribution in [1.29, 1.82) is 0 Å². The minimum Gasteiger partial charge on any atom is -0.497 e. The van der Waals surface area contributed by atoms with Crippen LogP contribution in [0.1, 0.15) is 29.7 Å². The van der Waals surface area contributed by atoms with Gasteiger partial charge in [-0.3, -0.25) is 14.2 Å². The van der Waals surface area contributed by atoms with E-state index < -0.39 is 6.04 Å². The molecular weight excluding hydrogens is 883 g/mol. The largest absolute Gasteiger partial charge is 0.497 e. The molecule has 0 bridgehead atoms. The molecule has 5 aromatic rings. The standard InChI is InChI=1S/C35H25Cl2I2N3O4S/c1-19-30(33(43)41-24-8-4-3-5-9-24)31(21-7-6-10-25(16-21)45-2)42-34(44)29(47-35(42)40-19)15-20-13-27(38)32(28(39)14-20)46-18-22-11-12-23(36)17-26(22)37/h3-17,31H,18H2,1-2H3,(H,41,43)/b29-15-/t31-/m1/s1. The lowest BCUT2D eigenvalue weighted by molar-refractivity contribution is -0.113. The number of methoxy groups -OCH3 is 1. The Kier molecular flexibility index (Phi) is 10.4. The van der Waals surface area contributed by atoms with Crippen molar-refractivity contribution in [2.24, 2.45) is 4.99 Å². The molecule has 1 aliphatic heterocycles. The monoisotopic (exact) mass is 907 g/mol. The summed E-state index contributed by atoms with van der Waals surface area (Å²) in [5, 5.41) is 4.08. The third kappa shape index (κ3) is 7.31. The molecule has 0 unspecified atom stereocenters. The molecule has 1 aliphatic rings. The lowest BCUT2D eigenvalue weighted by Crippen LogP contribution is -2.40. The molecule has 0 radical (unpaired) electrons.